The van der Waals surface area contributed by atoms with E-state index in [2.05, 4.69) is 15.6 Å². The zero-order chi connectivity index (χ0) is 16.5. The van der Waals surface area contributed by atoms with Crippen LogP contribution in [0.15, 0.2) is 23.1 Å². The molecule has 0 saturated carbocycles. The highest BCUT2D eigenvalue weighted by atomic mass is 32.2. The van der Waals surface area contributed by atoms with E-state index in [0.717, 1.165) is 23.4 Å². The molecule has 0 bridgehead atoms. The van der Waals surface area contributed by atoms with Crippen LogP contribution >= 0.6 is 23.1 Å². The molecular formula is C17H17N3O2S2. The van der Waals surface area contributed by atoms with E-state index < -0.39 is 0 Å². The number of aromatic nitrogens is 1. The number of nitrogens with zero attached hydrogens (tertiary/aromatic N) is 1. The molecule has 0 saturated heterocycles. The van der Waals surface area contributed by atoms with E-state index in [0.29, 0.717) is 22.1 Å². The lowest BCUT2D eigenvalue weighted by Crippen LogP contribution is -2.19. The maximum absolute atomic E-state index is 12.5. The fourth-order valence-electron chi connectivity index (χ4n) is 2.98. The number of hydrogen-bond donors (Lipinski definition) is 2. The molecule has 0 atom stereocenters. The van der Waals surface area contributed by atoms with E-state index >= 15 is 0 Å². The molecule has 1 aliphatic carbocycles. The van der Waals surface area contributed by atoms with Crippen molar-refractivity contribution in [1.82, 2.24) is 4.98 Å². The van der Waals surface area contributed by atoms with E-state index in [1.54, 1.807) is 23.5 Å². The first-order valence-corrected chi connectivity index (χ1v) is 9.86. The average molecular weight is 359 g/mol. The number of benzene rings is 1. The number of rotatable bonds is 2. The van der Waals surface area contributed by atoms with Crippen molar-refractivity contribution in [2.24, 2.45) is 0 Å². The quantitative estimate of drug-likeness (QED) is 0.802. The highest BCUT2D eigenvalue weighted by Gasteiger charge is 2.19. The number of amides is 2. The van der Waals surface area contributed by atoms with Gasteiger partial charge in [-0.3, -0.25) is 14.9 Å². The molecule has 1 aliphatic heterocycles. The average Bonchev–Trinajstić information content (AvgIpc) is 2.82. The lowest BCUT2D eigenvalue weighted by molar-refractivity contribution is -0.113. The summed E-state index contributed by atoms with van der Waals surface area (Å²) in [5.74, 6) is 0.198. The number of aryl methyl sites for hydroxylation is 2. The number of nitrogens with one attached hydrogen (secondary N) is 2. The molecule has 1 aromatic carbocycles. The molecule has 0 radical (unpaired) electrons. The van der Waals surface area contributed by atoms with Crippen LogP contribution in [0.1, 0.15) is 40.2 Å². The van der Waals surface area contributed by atoms with Crippen molar-refractivity contribution in [3.63, 3.8) is 0 Å². The monoisotopic (exact) mass is 359 g/mol. The van der Waals surface area contributed by atoms with Gasteiger partial charge in [-0.05, 0) is 43.9 Å². The zero-order valence-corrected chi connectivity index (χ0v) is 14.7. The highest BCUT2D eigenvalue weighted by Crippen LogP contribution is 2.33. The third-order valence-electron chi connectivity index (χ3n) is 4.19. The van der Waals surface area contributed by atoms with E-state index in [1.807, 2.05) is 6.07 Å². The lowest BCUT2D eigenvalue weighted by atomic mass is 10.2. The summed E-state index contributed by atoms with van der Waals surface area (Å²) in [5.41, 5.74) is 2.38. The molecule has 0 spiro atoms. The molecule has 4 rings (SSSR count). The maximum atomic E-state index is 12.5. The van der Waals surface area contributed by atoms with Crippen LogP contribution in [-0.4, -0.2) is 22.6 Å². The molecule has 0 unspecified atom stereocenters. The van der Waals surface area contributed by atoms with Crippen LogP contribution in [0, 0.1) is 0 Å². The van der Waals surface area contributed by atoms with Gasteiger partial charge in [0, 0.05) is 15.3 Å². The van der Waals surface area contributed by atoms with Gasteiger partial charge in [0.25, 0.3) is 5.91 Å². The third-order valence-corrected chi connectivity index (χ3v) is 6.34. The first-order chi connectivity index (χ1) is 11.7. The van der Waals surface area contributed by atoms with Gasteiger partial charge < -0.3 is 5.32 Å². The molecule has 2 heterocycles. The number of anilines is 2. The zero-order valence-electron chi connectivity index (χ0n) is 13.1. The van der Waals surface area contributed by atoms with Gasteiger partial charge in [0.1, 0.15) is 0 Å². The molecule has 7 heteroatoms. The van der Waals surface area contributed by atoms with Gasteiger partial charge in [-0.25, -0.2) is 4.98 Å². The van der Waals surface area contributed by atoms with Crippen molar-refractivity contribution < 1.29 is 9.59 Å². The number of thiazole rings is 1. The van der Waals surface area contributed by atoms with Crippen LogP contribution < -0.4 is 10.6 Å². The summed E-state index contributed by atoms with van der Waals surface area (Å²) < 4.78 is 0. The molecule has 1 aromatic heterocycles. The van der Waals surface area contributed by atoms with Gasteiger partial charge in [0.15, 0.2) is 5.13 Å². The van der Waals surface area contributed by atoms with Crippen molar-refractivity contribution >= 4 is 45.7 Å². The molecule has 5 nitrogen and oxygen atoms in total. The van der Waals surface area contributed by atoms with Crippen molar-refractivity contribution in [3.05, 3.63) is 34.3 Å². The molecule has 2 aliphatic rings. The van der Waals surface area contributed by atoms with Crippen LogP contribution in [0.25, 0.3) is 0 Å². The van der Waals surface area contributed by atoms with E-state index in [-0.39, 0.29) is 11.8 Å². The minimum absolute atomic E-state index is 0.0336. The smallest absolute Gasteiger partial charge is 0.257 e. The largest absolute Gasteiger partial charge is 0.324 e. The lowest BCUT2D eigenvalue weighted by Gasteiger charge is -2.16. The molecule has 0 fully saturated rings. The molecule has 24 heavy (non-hydrogen) atoms. The van der Waals surface area contributed by atoms with Crippen LogP contribution in [-0.2, 0) is 17.6 Å². The van der Waals surface area contributed by atoms with E-state index in [9.17, 15) is 9.59 Å². The summed E-state index contributed by atoms with van der Waals surface area (Å²) in [6, 6.07) is 5.40. The van der Waals surface area contributed by atoms with Crippen LogP contribution in [0.3, 0.4) is 0 Å². The minimum Gasteiger partial charge on any atom is -0.324 e. The molecule has 2 N–H and O–H groups in total. The highest BCUT2D eigenvalue weighted by molar-refractivity contribution is 8.00. The Hall–Kier alpha value is -1.86. The first-order valence-electron chi connectivity index (χ1n) is 8.06. The Morgan fingerprint density at radius 2 is 2.08 bits per heavy atom. The van der Waals surface area contributed by atoms with Crippen LogP contribution in [0.4, 0.5) is 10.8 Å². The Kier molecular flexibility index (Phi) is 4.28. The van der Waals surface area contributed by atoms with Crippen LogP contribution in [0.2, 0.25) is 0 Å². The Morgan fingerprint density at radius 1 is 1.21 bits per heavy atom. The second kappa shape index (κ2) is 6.57. The second-order valence-electron chi connectivity index (χ2n) is 5.95. The molecule has 2 amide bonds. The van der Waals surface area contributed by atoms with E-state index in [4.69, 9.17) is 0 Å². The summed E-state index contributed by atoms with van der Waals surface area (Å²) in [6.45, 7) is 0. The normalized spacial score (nSPS) is 16.6. The fraction of sp³-hybridized carbons (Fsp3) is 0.353. The maximum Gasteiger partial charge on any atom is 0.257 e. The Labute approximate surface area is 148 Å². The number of fused-ring (bicyclic) bond motifs is 2. The predicted molar refractivity (Wildman–Crippen MR) is 97.1 cm³/mol. The summed E-state index contributed by atoms with van der Waals surface area (Å²) >= 11 is 3.07. The summed E-state index contributed by atoms with van der Waals surface area (Å²) in [5, 5.41) is 6.39. The topological polar surface area (TPSA) is 71.1 Å². The number of hydrogen-bond acceptors (Lipinski definition) is 5. The summed E-state index contributed by atoms with van der Waals surface area (Å²) in [6.07, 6.45) is 5.69. The van der Waals surface area contributed by atoms with Gasteiger partial charge in [0.2, 0.25) is 5.91 Å². The number of thioether (sulfide) groups is 1. The fourth-order valence-corrected chi connectivity index (χ4v) is 4.81. The minimum atomic E-state index is -0.188. The standard InChI is InChI=1S/C17H17N3O2S2/c21-15-9-23-13-7-6-10(8-12(13)18-15)16(22)20-17-19-11-4-2-1-3-5-14(11)24-17/h6-8H,1-5,9H2,(H,18,21)(H,19,20,22). The van der Waals surface area contributed by atoms with Crippen LogP contribution in [0.5, 0.6) is 0 Å². The second-order valence-corrected chi connectivity index (χ2v) is 8.05. The van der Waals surface area contributed by atoms with Gasteiger partial charge in [-0.2, -0.15) is 0 Å². The Bertz CT molecular complexity index is 793. The first kappa shape index (κ1) is 15.7. The Balaban J connectivity index is 1.52. The van der Waals surface area contributed by atoms with Crippen molar-refractivity contribution in [2.75, 3.05) is 16.4 Å². The van der Waals surface area contributed by atoms with Gasteiger partial charge >= 0.3 is 0 Å². The van der Waals surface area contributed by atoms with Gasteiger partial charge in [-0.1, -0.05) is 6.42 Å². The summed E-state index contributed by atoms with van der Waals surface area (Å²) in [7, 11) is 0. The van der Waals surface area contributed by atoms with E-state index in [1.165, 1.54) is 35.9 Å². The van der Waals surface area contributed by atoms with Crippen molar-refractivity contribution in [1.29, 1.82) is 0 Å². The van der Waals surface area contributed by atoms with Gasteiger partial charge in [-0.15, -0.1) is 23.1 Å². The summed E-state index contributed by atoms with van der Waals surface area (Å²) in [4.78, 5) is 30.9. The number of carbonyl (C=O) groups is 2. The predicted octanol–water partition coefficient (Wildman–Crippen LogP) is 3.71. The molecular weight excluding hydrogens is 342 g/mol. The van der Waals surface area contributed by atoms with Crippen molar-refractivity contribution in [3.8, 4) is 0 Å². The number of carbonyl (C=O) groups excluding carboxylic acids is 2. The molecule has 2 aromatic rings. The Morgan fingerprint density at radius 3 is 3.00 bits per heavy atom. The molecule has 124 valence electrons. The third kappa shape index (κ3) is 3.18. The van der Waals surface area contributed by atoms with Gasteiger partial charge in [0.05, 0.1) is 17.1 Å². The SMILES string of the molecule is O=C1CSc2ccc(C(=O)Nc3nc4c(s3)CCCCC4)cc2N1. The van der Waals surface area contributed by atoms with Crippen molar-refractivity contribution in [2.45, 2.75) is 37.0 Å².